The molecule has 0 unspecified atom stereocenters. The minimum atomic E-state index is 0.255. The summed E-state index contributed by atoms with van der Waals surface area (Å²) in [5.74, 6) is 1.15. The maximum Gasteiger partial charge on any atom is 0.163 e. The van der Waals surface area contributed by atoms with E-state index in [4.69, 9.17) is 4.74 Å². The molecule has 0 radical (unpaired) electrons. The van der Waals surface area contributed by atoms with Gasteiger partial charge in [0.05, 0.1) is 6.61 Å². The molecule has 0 saturated carbocycles. The standard InChI is InChI=1S/C16H16O2S/c17-15-7-1-6-14-13(15)5-2-8-16(14)18-10-9-12-4-3-11-19-12/h2-5,8,11H,1,6-7,9-10H2. The van der Waals surface area contributed by atoms with Gasteiger partial charge in [-0.1, -0.05) is 18.2 Å². The van der Waals surface area contributed by atoms with Crippen LogP contribution in [-0.4, -0.2) is 12.4 Å². The van der Waals surface area contributed by atoms with Crippen LogP contribution in [0.4, 0.5) is 0 Å². The summed E-state index contributed by atoms with van der Waals surface area (Å²) in [6, 6.07) is 10.00. The van der Waals surface area contributed by atoms with Crippen LogP contribution >= 0.6 is 11.3 Å². The van der Waals surface area contributed by atoms with E-state index in [2.05, 4.69) is 17.5 Å². The summed E-state index contributed by atoms with van der Waals surface area (Å²) in [6.45, 7) is 0.672. The molecule has 0 spiro atoms. The van der Waals surface area contributed by atoms with E-state index in [1.54, 1.807) is 11.3 Å². The third-order valence-electron chi connectivity index (χ3n) is 3.45. The summed E-state index contributed by atoms with van der Waals surface area (Å²) >= 11 is 1.75. The van der Waals surface area contributed by atoms with E-state index in [1.165, 1.54) is 4.88 Å². The second-order valence-electron chi connectivity index (χ2n) is 4.74. The van der Waals surface area contributed by atoms with E-state index in [9.17, 15) is 4.79 Å². The van der Waals surface area contributed by atoms with Crippen LogP contribution in [0.15, 0.2) is 35.7 Å². The summed E-state index contributed by atoms with van der Waals surface area (Å²) in [5, 5.41) is 2.08. The second kappa shape index (κ2) is 5.57. The van der Waals surface area contributed by atoms with Crippen LogP contribution < -0.4 is 4.74 Å². The number of hydrogen-bond donors (Lipinski definition) is 0. The molecule has 0 fully saturated rings. The van der Waals surface area contributed by atoms with Crippen molar-refractivity contribution in [3.05, 3.63) is 51.7 Å². The predicted molar refractivity (Wildman–Crippen MR) is 77.2 cm³/mol. The van der Waals surface area contributed by atoms with Gasteiger partial charge >= 0.3 is 0 Å². The molecule has 0 amide bonds. The molecule has 2 aromatic rings. The quantitative estimate of drug-likeness (QED) is 0.844. The van der Waals surface area contributed by atoms with Gasteiger partial charge in [-0.05, 0) is 30.4 Å². The van der Waals surface area contributed by atoms with Crippen LogP contribution in [0, 0.1) is 0 Å². The van der Waals surface area contributed by atoms with Crippen molar-refractivity contribution in [2.75, 3.05) is 6.61 Å². The highest BCUT2D eigenvalue weighted by molar-refractivity contribution is 7.09. The van der Waals surface area contributed by atoms with E-state index >= 15 is 0 Å². The van der Waals surface area contributed by atoms with Crippen LogP contribution in [0.1, 0.15) is 33.6 Å². The van der Waals surface area contributed by atoms with Gasteiger partial charge in [0, 0.05) is 28.8 Å². The number of hydrogen-bond acceptors (Lipinski definition) is 3. The third-order valence-corrected chi connectivity index (χ3v) is 4.39. The highest BCUT2D eigenvalue weighted by Gasteiger charge is 2.20. The predicted octanol–water partition coefficient (Wildman–Crippen LogP) is 3.89. The Bertz CT molecular complexity index is 572. The van der Waals surface area contributed by atoms with Crippen molar-refractivity contribution < 1.29 is 9.53 Å². The van der Waals surface area contributed by atoms with Gasteiger partial charge in [-0.15, -0.1) is 11.3 Å². The molecule has 1 aromatic heterocycles. The first kappa shape index (κ1) is 12.4. The summed E-state index contributed by atoms with van der Waals surface area (Å²) in [6.07, 6.45) is 3.49. The molecule has 0 saturated heterocycles. The molecule has 1 aliphatic rings. The first-order valence-electron chi connectivity index (χ1n) is 6.65. The molecule has 3 rings (SSSR count). The van der Waals surface area contributed by atoms with Gasteiger partial charge in [0.25, 0.3) is 0 Å². The number of carbonyl (C=O) groups is 1. The highest BCUT2D eigenvalue weighted by atomic mass is 32.1. The lowest BCUT2D eigenvalue weighted by molar-refractivity contribution is 0.0971. The molecule has 0 aliphatic heterocycles. The molecule has 0 atom stereocenters. The van der Waals surface area contributed by atoms with Crippen LogP contribution in [0.25, 0.3) is 0 Å². The van der Waals surface area contributed by atoms with E-state index in [1.807, 2.05) is 18.2 Å². The van der Waals surface area contributed by atoms with Gasteiger partial charge in [-0.2, -0.15) is 0 Å². The molecular formula is C16H16O2S. The Morgan fingerprint density at radius 3 is 2.95 bits per heavy atom. The van der Waals surface area contributed by atoms with Crippen molar-refractivity contribution in [2.24, 2.45) is 0 Å². The Balaban J connectivity index is 1.71. The molecule has 98 valence electrons. The van der Waals surface area contributed by atoms with Crippen molar-refractivity contribution in [3.8, 4) is 5.75 Å². The minimum absolute atomic E-state index is 0.255. The molecule has 1 aliphatic carbocycles. The average molecular weight is 272 g/mol. The maximum atomic E-state index is 11.8. The van der Waals surface area contributed by atoms with E-state index in [0.717, 1.165) is 36.1 Å². The van der Waals surface area contributed by atoms with Crippen LogP contribution in [-0.2, 0) is 12.8 Å². The number of Topliss-reactive ketones (excluding diaryl/α,β-unsaturated/α-hetero) is 1. The largest absolute Gasteiger partial charge is 0.493 e. The average Bonchev–Trinajstić information content (AvgIpc) is 2.93. The van der Waals surface area contributed by atoms with E-state index in [-0.39, 0.29) is 5.78 Å². The van der Waals surface area contributed by atoms with Gasteiger partial charge in [0.15, 0.2) is 5.78 Å². The highest BCUT2D eigenvalue weighted by Crippen LogP contribution is 2.29. The molecule has 19 heavy (non-hydrogen) atoms. The minimum Gasteiger partial charge on any atom is -0.493 e. The van der Waals surface area contributed by atoms with Crippen LogP contribution in [0.3, 0.4) is 0 Å². The number of carbonyl (C=O) groups excluding carboxylic acids is 1. The molecule has 0 bridgehead atoms. The van der Waals surface area contributed by atoms with Gasteiger partial charge in [-0.3, -0.25) is 4.79 Å². The van der Waals surface area contributed by atoms with Gasteiger partial charge in [-0.25, -0.2) is 0 Å². The molecular weight excluding hydrogens is 256 g/mol. The van der Waals surface area contributed by atoms with Crippen molar-refractivity contribution >= 4 is 17.1 Å². The molecule has 1 aromatic carbocycles. The Hall–Kier alpha value is -1.61. The maximum absolute atomic E-state index is 11.8. The summed E-state index contributed by atoms with van der Waals surface area (Å²) in [4.78, 5) is 13.2. The normalized spacial score (nSPS) is 14.2. The van der Waals surface area contributed by atoms with Gasteiger partial charge in [0.2, 0.25) is 0 Å². The number of fused-ring (bicyclic) bond motifs is 1. The Kier molecular flexibility index (Phi) is 3.65. The van der Waals surface area contributed by atoms with Crippen LogP contribution in [0.5, 0.6) is 5.75 Å². The molecule has 1 heterocycles. The lowest BCUT2D eigenvalue weighted by Crippen LogP contribution is -2.13. The van der Waals surface area contributed by atoms with E-state index in [0.29, 0.717) is 13.0 Å². The topological polar surface area (TPSA) is 26.3 Å². The summed E-state index contributed by atoms with van der Waals surface area (Å²) in [5.41, 5.74) is 1.96. The fraction of sp³-hybridized carbons (Fsp3) is 0.312. The zero-order valence-corrected chi connectivity index (χ0v) is 11.5. The van der Waals surface area contributed by atoms with Gasteiger partial charge in [0.1, 0.15) is 5.75 Å². The lowest BCUT2D eigenvalue weighted by Gasteiger charge is -2.18. The smallest absolute Gasteiger partial charge is 0.163 e. The molecule has 2 nitrogen and oxygen atoms in total. The molecule has 0 N–H and O–H groups in total. The van der Waals surface area contributed by atoms with Crippen molar-refractivity contribution in [1.82, 2.24) is 0 Å². The number of rotatable bonds is 4. The number of ether oxygens (including phenoxy) is 1. The summed E-state index contributed by atoms with van der Waals surface area (Å²) < 4.78 is 5.88. The fourth-order valence-corrected chi connectivity index (χ4v) is 3.19. The number of benzene rings is 1. The number of ketones is 1. The van der Waals surface area contributed by atoms with Crippen molar-refractivity contribution in [1.29, 1.82) is 0 Å². The van der Waals surface area contributed by atoms with Crippen molar-refractivity contribution in [2.45, 2.75) is 25.7 Å². The first-order chi connectivity index (χ1) is 9.34. The zero-order valence-electron chi connectivity index (χ0n) is 10.7. The number of thiophene rings is 1. The third kappa shape index (κ3) is 2.71. The van der Waals surface area contributed by atoms with Crippen LogP contribution in [0.2, 0.25) is 0 Å². The Morgan fingerprint density at radius 1 is 1.16 bits per heavy atom. The fourth-order valence-electron chi connectivity index (χ4n) is 2.50. The first-order valence-corrected chi connectivity index (χ1v) is 7.53. The van der Waals surface area contributed by atoms with Crippen molar-refractivity contribution in [3.63, 3.8) is 0 Å². The second-order valence-corrected chi connectivity index (χ2v) is 5.77. The molecule has 3 heteroatoms. The van der Waals surface area contributed by atoms with E-state index < -0.39 is 0 Å². The Morgan fingerprint density at radius 2 is 2.11 bits per heavy atom. The zero-order chi connectivity index (χ0) is 13.1. The summed E-state index contributed by atoms with van der Waals surface area (Å²) in [7, 11) is 0. The monoisotopic (exact) mass is 272 g/mol. The van der Waals surface area contributed by atoms with Gasteiger partial charge < -0.3 is 4.74 Å². The Labute approximate surface area is 117 Å². The lowest BCUT2D eigenvalue weighted by atomic mass is 9.90. The SMILES string of the molecule is O=C1CCCc2c(OCCc3cccs3)cccc21.